The second kappa shape index (κ2) is 5.44. The quantitative estimate of drug-likeness (QED) is 0.779. The molecular formula is C10H22N2O3S. The molecule has 1 aliphatic heterocycles. The summed E-state index contributed by atoms with van der Waals surface area (Å²) in [6, 6.07) is -0.373. The second-order valence-corrected chi connectivity index (χ2v) is 6.65. The second-order valence-electron chi connectivity index (χ2n) is 4.66. The Morgan fingerprint density at radius 2 is 2.19 bits per heavy atom. The number of nitrogens with zero attached hydrogens (tertiary/aromatic N) is 2. The Bertz CT molecular complexity index is 318. The fourth-order valence-corrected chi connectivity index (χ4v) is 3.57. The molecule has 5 nitrogen and oxygen atoms in total. The maximum atomic E-state index is 12.2. The van der Waals surface area contributed by atoms with Crippen molar-refractivity contribution in [1.82, 2.24) is 8.61 Å². The number of aliphatic hydroxyl groups excluding tert-OH is 1. The first-order valence-electron chi connectivity index (χ1n) is 5.73. The van der Waals surface area contributed by atoms with Gasteiger partial charge in [0.25, 0.3) is 10.2 Å². The van der Waals surface area contributed by atoms with Gasteiger partial charge in [0, 0.05) is 26.2 Å². The van der Waals surface area contributed by atoms with E-state index in [9.17, 15) is 8.42 Å². The van der Waals surface area contributed by atoms with Gasteiger partial charge in [0.15, 0.2) is 0 Å². The van der Waals surface area contributed by atoms with Crippen molar-refractivity contribution in [3.63, 3.8) is 0 Å². The van der Waals surface area contributed by atoms with Crippen molar-refractivity contribution >= 4 is 10.2 Å². The van der Waals surface area contributed by atoms with Gasteiger partial charge in [-0.3, -0.25) is 0 Å². The molecule has 16 heavy (non-hydrogen) atoms. The molecule has 1 rings (SSSR count). The van der Waals surface area contributed by atoms with Crippen molar-refractivity contribution in [2.24, 2.45) is 5.92 Å². The maximum Gasteiger partial charge on any atom is 0.282 e. The zero-order chi connectivity index (χ0) is 12.3. The molecule has 0 aliphatic carbocycles. The topological polar surface area (TPSA) is 60.9 Å². The Labute approximate surface area is 98.2 Å². The average Bonchev–Trinajstić information content (AvgIpc) is 2.27. The Morgan fingerprint density at radius 3 is 2.69 bits per heavy atom. The van der Waals surface area contributed by atoms with Crippen molar-refractivity contribution in [2.45, 2.75) is 32.7 Å². The van der Waals surface area contributed by atoms with Gasteiger partial charge in [-0.2, -0.15) is 17.0 Å². The highest BCUT2D eigenvalue weighted by Gasteiger charge is 2.32. The predicted molar refractivity (Wildman–Crippen MR) is 63.2 cm³/mol. The summed E-state index contributed by atoms with van der Waals surface area (Å²) in [6.45, 7) is 4.79. The number of hydrogen-bond donors (Lipinski definition) is 1. The van der Waals surface area contributed by atoms with Crippen LogP contribution < -0.4 is 0 Å². The smallest absolute Gasteiger partial charge is 0.282 e. The number of hydrogen-bond acceptors (Lipinski definition) is 3. The number of piperidine rings is 1. The van der Waals surface area contributed by atoms with Crippen LogP contribution in [0.1, 0.15) is 26.7 Å². The van der Waals surface area contributed by atoms with Crippen molar-refractivity contribution in [2.75, 3.05) is 26.7 Å². The predicted octanol–water partition coefficient (Wildman–Crippen LogP) is 0.276. The fourth-order valence-electron chi connectivity index (χ4n) is 1.88. The summed E-state index contributed by atoms with van der Waals surface area (Å²) in [5.41, 5.74) is 0. The Balaban J connectivity index is 2.76. The van der Waals surface area contributed by atoms with Gasteiger partial charge in [-0.05, 0) is 25.7 Å². The third kappa shape index (κ3) is 2.94. The van der Waals surface area contributed by atoms with E-state index in [4.69, 9.17) is 5.11 Å². The fraction of sp³-hybridized carbons (Fsp3) is 1.00. The van der Waals surface area contributed by atoms with E-state index in [1.54, 1.807) is 6.92 Å². The lowest BCUT2D eigenvalue weighted by molar-refractivity contribution is 0.198. The van der Waals surface area contributed by atoms with Crippen LogP contribution in [-0.2, 0) is 10.2 Å². The first-order valence-corrected chi connectivity index (χ1v) is 7.13. The van der Waals surface area contributed by atoms with Crippen LogP contribution in [0.5, 0.6) is 0 Å². The van der Waals surface area contributed by atoms with E-state index in [0.29, 0.717) is 19.0 Å². The first-order chi connectivity index (χ1) is 7.39. The average molecular weight is 250 g/mol. The molecule has 0 aromatic heterocycles. The molecule has 2 unspecified atom stereocenters. The van der Waals surface area contributed by atoms with E-state index < -0.39 is 10.2 Å². The molecule has 0 bridgehead atoms. The standard InChI is InChI=1S/C10H22N2O3S/c1-9-5-4-6-12(7-9)16(14,15)11(3)10(2)8-13/h9-10,13H,4-8H2,1-3H3. The van der Waals surface area contributed by atoms with Gasteiger partial charge in [-0.25, -0.2) is 0 Å². The van der Waals surface area contributed by atoms with Crippen LogP contribution in [0.3, 0.4) is 0 Å². The molecule has 1 saturated heterocycles. The molecule has 0 aromatic carbocycles. The summed E-state index contributed by atoms with van der Waals surface area (Å²) in [5.74, 6) is 0.418. The van der Waals surface area contributed by atoms with Gasteiger partial charge >= 0.3 is 0 Å². The van der Waals surface area contributed by atoms with Gasteiger partial charge in [0.2, 0.25) is 0 Å². The SMILES string of the molecule is CC1CCCN(S(=O)(=O)N(C)C(C)CO)C1. The summed E-state index contributed by atoms with van der Waals surface area (Å²) in [4.78, 5) is 0. The van der Waals surface area contributed by atoms with Crippen LogP contribution in [0.25, 0.3) is 0 Å². The molecule has 0 saturated carbocycles. The molecule has 0 spiro atoms. The van der Waals surface area contributed by atoms with Crippen molar-refractivity contribution in [3.05, 3.63) is 0 Å². The van der Waals surface area contributed by atoms with Crippen molar-refractivity contribution in [3.8, 4) is 0 Å². The molecule has 96 valence electrons. The summed E-state index contributed by atoms with van der Waals surface area (Å²) in [5, 5.41) is 8.99. The molecule has 1 aliphatic rings. The zero-order valence-electron chi connectivity index (χ0n) is 10.3. The molecule has 1 N–H and O–H groups in total. The van der Waals surface area contributed by atoms with E-state index in [2.05, 4.69) is 6.92 Å². The van der Waals surface area contributed by atoms with Crippen LogP contribution in [-0.4, -0.2) is 54.9 Å². The normalized spacial score (nSPS) is 25.9. The molecule has 1 heterocycles. The van der Waals surface area contributed by atoms with Gasteiger partial charge in [0.05, 0.1) is 6.61 Å². The summed E-state index contributed by atoms with van der Waals surface area (Å²) < 4.78 is 27.1. The molecule has 6 heteroatoms. The largest absolute Gasteiger partial charge is 0.395 e. The zero-order valence-corrected chi connectivity index (χ0v) is 11.1. The van der Waals surface area contributed by atoms with Crippen LogP contribution in [0, 0.1) is 5.92 Å². The minimum absolute atomic E-state index is 0.154. The minimum Gasteiger partial charge on any atom is -0.395 e. The third-order valence-electron chi connectivity index (χ3n) is 3.19. The van der Waals surface area contributed by atoms with Crippen molar-refractivity contribution < 1.29 is 13.5 Å². The summed E-state index contributed by atoms with van der Waals surface area (Å²) >= 11 is 0. The van der Waals surface area contributed by atoms with E-state index >= 15 is 0 Å². The summed E-state index contributed by atoms with van der Waals surface area (Å²) in [6.07, 6.45) is 2.01. The highest BCUT2D eigenvalue weighted by molar-refractivity contribution is 7.86. The molecule has 0 radical (unpaired) electrons. The van der Waals surface area contributed by atoms with Gasteiger partial charge < -0.3 is 5.11 Å². The van der Waals surface area contributed by atoms with E-state index in [0.717, 1.165) is 12.8 Å². The Hall–Kier alpha value is -0.170. The lowest BCUT2D eigenvalue weighted by atomic mass is 10.0. The molecule has 0 amide bonds. The molecular weight excluding hydrogens is 228 g/mol. The minimum atomic E-state index is -3.40. The van der Waals surface area contributed by atoms with Crippen LogP contribution in [0.4, 0.5) is 0 Å². The molecule has 2 atom stereocenters. The Morgan fingerprint density at radius 1 is 1.56 bits per heavy atom. The molecule has 0 aromatic rings. The maximum absolute atomic E-state index is 12.2. The van der Waals surface area contributed by atoms with Crippen LogP contribution in [0.15, 0.2) is 0 Å². The van der Waals surface area contributed by atoms with Crippen LogP contribution in [0.2, 0.25) is 0 Å². The lowest BCUT2D eigenvalue weighted by Crippen LogP contribution is -2.49. The highest BCUT2D eigenvalue weighted by Crippen LogP contribution is 2.20. The first kappa shape index (κ1) is 13.9. The van der Waals surface area contributed by atoms with Gasteiger partial charge in [0.1, 0.15) is 0 Å². The summed E-state index contributed by atoms with van der Waals surface area (Å²) in [7, 11) is -1.88. The molecule has 1 fully saturated rings. The number of likely N-dealkylation sites (N-methyl/N-ethyl adjacent to an activating group) is 1. The van der Waals surface area contributed by atoms with Crippen LogP contribution >= 0.6 is 0 Å². The monoisotopic (exact) mass is 250 g/mol. The lowest BCUT2D eigenvalue weighted by Gasteiger charge is -2.34. The van der Waals surface area contributed by atoms with E-state index in [1.165, 1.54) is 15.7 Å². The Kier molecular flexibility index (Phi) is 4.73. The van der Waals surface area contributed by atoms with Gasteiger partial charge in [-0.1, -0.05) is 6.92 Å². The van der Waals surface area contributed by atoms with Gasteiger partial charge in [-0.15, -0.1) is 0 Å². The number of rotatable bonds is 4. The number of aliphatic hydroxyl groups is 1. The van der Waals surface area contributed by atoms with Crippen molar-refractivity contribution in [1.29, 1.82) is 0 Å². The third-order valence-corrected chi connectivity index (χ3v) is 5.27. The highest BCUT2D eigenvalue weighted by atomic mass is 32.2. The van der Waals surface area contributed by atoms with E-state index in [-0.39, 0.29) is 12.6 Å². The van der Waals surface area contributed by atoms with E-state index in [1.807, 2.05) is 0 Å².